The average Bonchev–Trinajstić information content (AvgIpc) is 3.11. The zero-order valence-corrected chi connectivity index (χ0v) is 12.7. The molecule has 1 N–H and O–H groups in total. The lowest BCUT2D eigenvalue weighted by atomic mass is 10.1. The predicted molar refractivity (Wildman–Crippen MR) is 91.4 cm³/mol. The highest BCUT2D eigenvalue weighted by Crippen LogP contribution is 2.13. The van der Waals surface area contributed by atoms with Crippen molar-refractivity contribution >= 4 is 5.69 Å². The fourth-order valence-electron chi connectivity index (χ4n) is 2.49. The first-order valence-electron chi connectivity index (χ1n) is 7.78. The minimum absolute atomic E-state index is 1.01. The average molecular weight is 291 g/mol. The summed E-state index contributed by atoms with van der Waals surface area (Å²) in [5, 5.41) is 3.48. The van der Waals surface area contributed by atoms with Crippen LogP contribution in [0.2, 0.25) is 0 Å². The number of rotatable bonds is 7. The van der Waals surface area contributed by atoms with Crippen molar-refractivity contribution in [1.82, 2.24) is 9.55 Å². The highest BCUT2D eigenvalue weighted by atomic mass is 15.0. The Morgan fingerprint density at radius 2 is 1.73 bits per heavy atom. The third-order valence-electron chi connectivity index (χ3n) is 3.73. The van der Waals surface area contributed by atoms with Crippen LogP contribution in [-0.2, 0) is 6.42 Å². The SMILES string of the molecule is c1ccc(CCCCNc2ccc(-n3ccnc3)cc2)cc1. The van der Waals surface area contributed by atoms with Gasteiger partial charge < -0.3 is 9.88 Å². The van der Waals surface area contributed by atoms with Crippen molar-refractivity contribution in [3.63, 3.8) is 0 Å². The third kappa shape index (κ3) is 3.98. The molecule has 0 amide bonds. The maximum Gasteiger partial charge on any atom is 0.0991 e. The molecule has 3 rings (SSSR count). The molecule has 0 saturated carbocycles. The maximum absolute atomic E-state index is 4.06. The van der Waals surface area contributed by atoms with Crippen LogP contribution in [0.15, 0.2) is 73.3 Å². The van der Waals surface area contributed by atoms with E-state index in [2.05, 4.69) is 64.9 Å². The lowest BCUT2D eigenvalue weighted by molar-refractivity contribution is 0.763. The zero-order chi connectivity index (χ0) is 15.0. The van der Waals surface area contributed by atoms with Gasteiger partial charge in [0.1, 0.15) is 0 Å². The second-order valence-electron chi connectivity index (χ2n) is 5.39. The van der Waals surface area contributed by atoms with Crippen molar-refractivity contribution in [2.75, 3.05) is 11.9 Å². The number of nitrogens with zero attached hydrogens (tertiary/aromatic N) is 2. The number of aromatic nitrogens is 2. The normalized spacial score (nSPS) is 10.5. The molecule has 0 saturated heterocycles. The van der Waals surface area contributed by atoms with Crippen LogP contribution in [0.3, 0.4) is 0 Å². The summed E-state index contributed by atoms with van der Waals surface area (Å²) in [6.07, 6.45) is 9.10. The van der Waals surface area contributed by atoms with E-state index < -0.39 is 0 Å². The van der Waals surface area contributed by atoms with Gasteiger partial charge >= 0.3 is 0 Å². The van der Waals surface area contributed by atoms with Crippen LogP contribution < -0.4 is 5.32 Å². The van der Waals surface area contributed by atoms with Gasteiger partial charge in [-0.3, -0.25) is 0 Å². The summed E-state index contributed by atoms with van der Waals surface area (Å²) >= 11 is 0. The van der Waals surface area contributed by atoms with Crippen molar-refractivity contribution < 1.29 is 0 Å². The summed E-state index contributed by atoms with van der Waals surface area (Å²) in [6, 6.07) is 19.1. The molecule has 0 atom stereocenters. The van der Waals surface area contributed by atoms with Gasteiger partial charge in [-0.1, -0.05) is 30.3 Å². The summed E-state index contributed by atoms with van der Waals surface area (Å²) in [5.41, 5.74) is 3.72. The van der Waals surface area contributed by atoms with Crippen LogP contribution in [0.25, 0.3) is 5.69 Å². The standard InChI is InChI=1S/C19H21N3/c1-2-6-17(7-3-1)8-4-5-13-21-18-9-11-19(12-10-18)22-15-14-20-16-22/h1-3,6-7,9-12,14-16,21H,4-5,8,13H2. The number of imidazole rings is 1. The highest BCUT2D eigenvalue weighted by molar-refractivity contribution is 5.48. The molecule has 0 bridgehead atoms. The molecule has 0 radical (unpaired) electrons. The fraction of sp³-hybridized carbons (Fsp3) is 0.211. The molecule has 1 heterocycles. The first-order chi connectivity index (χ1) is 10.9. The number of nitrogens with one attached hydrogen (secondary N) is 1. The van der Waals surface area contributed by atoms with Crippen LogP contribution in [0.1, 0.15) is 18.4 Å². The van der Waals surface area contributed by atoms with Crippen LogP contribution >= 0.6 is 0 Å². The van der Waals surface area contributed by atoms with E-state index in [4.69, 9.17) is 0 Å². The Morgan fingerprint density at radius 3 is 2.45 bits per heavy atom. The molecule has 112 valence electrons. The van der Waals surface area contributed by atoms with Crippen LogP contribution in [0, 0.1) is 0 Å². The van der Waals surface area contributed by atoms with E-state index >= 15 is 0 Å². The van der Waals surface area contributed by atoms with Crippen LogP contribution in [0.4, 0.5) is 5.69 Å². The molecule has 0 aliphatic rings. The number of hydrogen-bond donors (Lipinski definition) is 1. The molecular formula is C19H21N3. The summed E-state index contributed by atoms with van der Waals surface area (Å²) in [4.78, 5) is 4.06. The molecule has 3 aromatic rings. The van der Waals surface area contributed by atoms with E-state index in [1.54, 1.807) is 6.20 Å². The largest absolute Gasteiger partial charge is 0.385 e. The summed E-state index contributed by atoms with van der Waals surface area (Å²) in [5.74, 6) is 0. The molecule has 0 fully saturated rings. The van der Waals surface area contributed by atoms with Gasteiger partial charge in [-0.05, 0) is 49.1 Å². The van der Waals surface area contributed by atoms with E-state index in [1.807, 2.05) is 17.1 Å². The number of hydrogen-bond acceptors (Lipinski definition) is 2. The second-order valence-corrected chi connectivity index (χ2v) is 5.39. The number of unbranched alkanes of at least 4 members (excludes halogenated alkanes) is 1. The Balaban J connectivity index is 1.40. The molecular weight excluding hydrogens is 270 g/mol. The first-order valence-corrected chi connectivity index (χ1v) is 7.78. The van der Waals surface area contributed by atoms with Gasteiger partial charge in [0.25, 0.3) is 0 Å². The van der Waals surface area contributed by atoms with E-state index in [0.717, 1.165) is 18.7 Å². The summed E-state index contributed by atoms with van der Waals surface area (Å²) < 4.78 is 2.00. The molecule has 0 aliphatic carbocycles. The van der Waals surface area contributed by atoms with Crippen molar-refractivity contribution in [1.29, 1.82) is 0 Å². The molecule has 0 unspecified atom stereocenters. The maximum atomic E-state index is 4.06. The topological polar surface area (TPSA) is 29.9 Å². The molecule has 0 spiro atoms. The van der Waals surface area contributed by atoms with Crippen molar-refractivity contribution in [2.24, 2.45) is 0 Å². The predicted octanol–water partition coefficient (Wildman–Crippen LogP) is 4.31. The van der Waals surface area contributed by atoms with Gasteiger partial charge in [0, 0.05) is 30.3 Å². The second kappa shape index (κ2) is 7.46. The van der Waals surface area contributed by atoms with Gasteiger partial charge in [-0.15, -0.1) is 0 Å². The highest BCUT2D eigenvalue weighted by Gasteiger charge is 1.97. The molecule has 2 aromatic carbocycles. The zero-order valence-electron chi connectivity index (χ0n) is 12.7. The smallest absolute Gasteiger partial charge is 0.0991 e. The Kier molecular flexibility index (Phi) is 4.88. The van der Waals surface area contributed by atoms with Gasteiger partial charge in [-0.25, -0.2) is 4.98 Å². The molecule has 3 heteroatoms. The van der Waals surface area contributed by atoms with Crippen molar-refractivity contribution in [3.8, 4) is 5.69 Å². The Bertz CT molecular complexity index is 658. The minimum atomic E-state index is 1.01. The van der Waals surface area contributed by atoms with Crippen LogP contribution in [0.5, 0.6) is 0 Å². The molecule has 0 aliphatic heterocycles. The van der Waals surface area contributed by atoms with Crippen molar-refractivity contribution in [3.05, 3.63) is 78.9 Å². The van der Waals surface area contributed by atoms with E-state index in [-0.39, 0.29) is 0 Å². The minimum Gasteiger partial charge on any atom is -0.385 e. The van der Waals surface area contributed by atoms with E-state index in [1.165, 1.54) is 24.1 Å². The Hall–Kier alpha value is -2.55. The third-order valence-corrected chi connectivity index (χ3v) is 3.73. The Morgan fingerprint density at radius 1 is 0.909 bits per heavy atom. The Labute approximate surface area is 131 Å². The van der Waals surface area contributed by atoms with Gasteiger partial charge in [0.2, 0.25) is 0 Å². The number of anilines is 1. The molecule has 3 nitrogen and oxygen atoms in total. The molecule has 22 heavy (non-hydrogen) atoms. The van der Waals surface area contributed by atoms with Gasteiger partial charge in [0.05, 0.1) is 6.33 Å². The van der Waals surface area contributed by atoms with Gasteiger partial charge in [0.15, 0.2) is 0 Å². The quantitative estimate of drug-likeness (QED) is 0.657. The van der Waals surface area contributed by atoms with Crippen LogP contribution in [-0.4, -0.2) is 16.1 Å². The fourth-order valence-corrected chi connectivity index (χ4v) is 2.49. The lowest BCUT2D eigenvalue weighted by Crippen LogP contribution is -2.02. The molecule has 1 aromatic heterocycles. The monoisotopic (exact) mass is 291 g/mol. The van der Waals surface area contributed by atoms with E-state index in [9.17, 15) is 0 Å². The van der Waals surface area contributed by atoms with Gasteiger partial charge in [-0.2, -0.15) is 0 Å². The lowest BCUT2D eigenvalue weighted by Gasteiger charge is -2.08. The summed E-state index contributed by atoms with van der Waals surface area (Å²) in [6.45, 7) is 1.01. The van der Waals surface area contributed by atoms with E-state index in [0.29, 0.717) is 0 Å². The number of aryl methyl sites for hydroxylation is 1. The summed E-state index contributed by atoms with van der Waals surface area (Å²) in [7, 11) is 0. The van der Waals surface area contributed by atoms with Crippen molar-refractivity contribution in [2.45, 2.75) is 19.3 Å². The first kappa shape index (κ1) is 14.4. The number of benzene rings is 2.